The molecule has 1 amide bonds. The number of nitrogens with zero attached hydrogens (tertiary/aromatic N) is 3. The molecule has 1 aromatic heterocycles. The van der Waals surface area contributed by atoms with Crippen molar-refractivity contribution in [3.8, 4) is 0 Å². The van der Waals surface area contributed by atoms with E-state index in [1.165, 1.54) is 6.07 Å². The number of halogens is 4. The predicted molar refractivity (Wildman–Crippen MR) is 84.5 cm³/mol. The fourth-order valence-corrected chi connectivity index (χ4v) is 3.41. The average molecular weight is 360 g/mol. The highest BCUT2D eigenvalue weighted by Gasteiger charge is 2.32. The molecule has 0 radical (unpaired) electrons. The van der Waals surface area contributed by atoms with Gasteiger partial charge in [0.05, 0.1) is 16.6 Å². The lowest BCUT2D eigenvalue weighted by Crippen LogP contribution is -2.28. The van der Waals surface area contributed by atoms with Gasteiger partial charge < -0.3 is 4.90 Å². The number of carbonyl (C=O) groups excluding carboxylic acids is 1. The number of likely N-dealkylation sites (tertiary alicyclic amines) is 1. The van der Waals surface area contributed by atoms with E-state index in [0.29, 0.717) is 24.4 Å². The lowest BCUT2D eigenvalue weighted by atomic mass is 10.0. The van der Waals surface area contributed by atoms with Gasteiger partial charge in [-0.15, -0.1) is 0 Å². The van der Waals surface area contributed by atoms with Crippen LogP contribution in [0.2, 0.25) is 5.28 Å². The minimum absolute atomic E-state index is 0.0401. The third-order valence-electron chi connectivity index (χ3n) is 4.33. The summed E-state index contributed by atoms with van der Waals surface area (Å²) in [5.41, 5.74) is -0.108. The van der Waals surface area contributed by atoms with Crippen LogP contribution in [0.4, 0.5) is 13.2 Å². The lowest BCUT2D eigenvalue weighted by Gasteiger charge is -2.18. The first-order valence-corrected chi connectivity index (χ1v) is 8.18. The standard InChI is InChI=1S/C16H17ClF3N3O/c1-2-3-10-6-14(24)22(8-10)9-23-13-5-4-11(16(18,19)20)7-12(13)21-15(23)17/h4-5,7,10H,2-3,6,8-9H2,1H3. The molecule has 0 bridgehead atoms. The van der Waals surface area contributed by atoms with Crippen molar-refractivity contribution < 1.29 is 18.0 Å². The van der Waals surface area contributed by atoms with Crippen LogP contribution in [0.3, 0.4) is 0 Å². The van der Waals surface area contributed by atoms with Gasteiger partial charge in [-0.3, -0.25) is 9.36 Å². The van der Waals surface area contributed by atoms with Crippen molar-refractivity contribution in [1.29, 1.82) is 0 Å². The Morgan fingerprint density at radius 2 is 2.12 bits per heavy atom. The number of fused-ring (bicyclic) bond motifs is 1. The number of alkyl halides is 3. The first-order chi connectivity index (χ1) is 11.3. The van der Waals surface area contributed by atoms with Crippen molar-refractivity contribution in [2.24, 2.45) is 5.92 Å². The number of rotatable bonds is 4. The molecule has 24 heavy (non-hydrogen) atoms. The summed E-state index contributed by atoms with van der Waals surface area (Å²) in [6.07, 6.45) is -1.92. The zero-order valence-corrected chi connectivity index (χ0v) is 13.9. The SMILES string of the molecule is CCCC1CC(=O)N(Cn2c(Cl)nc3cc(C(F)(F)F)ccc32)C1. The predicted octanol–water partition coefficient (Wildman–Crippen LogP) is 4.31. The second kappa shape index (κ2) is 6.27. The van der Waals surface area contributed by atoms with Gasteiger partial charge in [0.1, 0.15) is 6.67 Å². The first-order valence-electron chi connectivity index (χ1n) is 7.80. The van der Waals surface area contributed by atoms with Crippen LogP contribution < -0.4 is 0 Å². The summed E-state index contributed by atoms with van der Waals surface area (Å²) >= 11 is 6.09. The Kier molecular flexibility index (Phi) is 4.46. The van der Waals surface area contributed by atoms with Gasteiger partial charge in [0.2, 0.25) is 11.2 Å². The van der Waals surface area contributed by atoms with Gasteiger partial charge >= 0.3 is 6.18 Å². The molecule has 4 nitrogen and oxygen atoms in total. The minimum Gasteiger partial charge on any atom is -0.324 e. The second-order valence-corrected chi connectivity index (χ2v) is 6.46. The Morgan fingerprint density at radius 3 is 2.79 bits per heavy atom. The molecule has 3 rings (SSSR count). The van der Waals surface area contributed by atoms with E-state index >= 15 is 0 Å². The van der Waals surface area contributed by atoms with Crippen LogP contribution in [0.1, 0.15) is 31.7 Å². The molecule has 130 valence electrons. The summed E-state index contributed by atoms with van der Waals surface area (Å²) in [6.45, 7) is 2.93. The highest BCUT2D eigenvalue weighted by atomic mass is 35.5. The number of imidazole rings is 1. The topological polar surface area (TPSA) is 38.1 Å². The molecule has 1 unspecified atom stereocenters. The van der Waals surface area contributed by atoms with Gasteiger partial charge in [-0.25, -0.2) is 4.98 Å². The Morgan fingerprint density at radius 1 is 1.38 bits per heavy atom. The third kappa shape index (κ3) is 3.22. The molecule has 8 heteroatoms. The summed E-state index contributed by atoms with van der Waals surface area (Å²) in [7, 11) is 0. The molecule has 1 saturated heterocycles. The molecule has 0 aliphatic carbocycles. The van der Waals surface area contributed by atoms with Crippen molar-refractivity contribution in [3.63, 3.8) is 0 Å². The number of hydrogen-bond donors (Lipinski definition) is 0. The van der Waals surface area contributed by atoms with E-state index in [4.69, 9.17) is 11.6 Å². The van der Waals surface area contributed by atoms with E-state index in [-0.39, 0.29) is 23.4 Å². The molecule has 0 N–H and O–H groups in total. The van der Waals surface area contributed by atoms with Gasteiger partial charge in [0.25, 0.3) is 0 Å². The summed E-state index contributed by atoms with van der Waals surface area (Å²) in [5.74, 6) is 0.367. The van der Waals surface area contributed by atoms with Crippen LogP contribution in [0, 0.1) is 5.92 Å². The molecular weight excluding hydrogens is 343 g/mol. The smallest absolute Gasteiger partial charge is 0.324 e. The Labute approximate surface area is 142 Å². The molecule has 2 aromatic rings. The zero-order chi connectivity index (χ0) is 17.5. The minimum atomic E-state index is -4.43. The van der Waals surface area contributed by atoms with E-state index in [2.05, 4.69) is 11.9 Å². The largest absolute Gasteiger partial charge is 0.416 e. The molecule has 1 aliphatic rings. The molecule has 1 aromatic carbocycles. The van der Waals surface area contributed by atoms with Gasteiger partial charge in [0.15, 0.2) is 0 Å². The van der Waals surface area contributed by atoms with Crippen LogP contribution in [0.25, 0.3) is 11.0 Å². The van der Waals surface area contributed by atoms with Crippen LogP contribution in [-0.4, -0.2) is 26.9 Å². The Balaban J connectivity index is 1.87. The quantitative estimate of drug-likeness (QED) is 0.815. The van der Waals surface area contributed by atoms with Crippen molar-refractivity contribution in [3.05, 3.63) is 29.0 Å². The number of carbonyl (C=O) groups is 1. The molecule has 1 atom stereocenters. The normalized spacial score (nSPS) is 18.8. The lowest BCUT2D eigenvalue weighted by molar-refractivity contribution is -0.137. The summed E-state index contributed by atoms with van der Waals surface area (Å²) in [4.78, 5) is 17.8. The van der Waals surface area contributed by atoms with Crippen LogP contribution >= 0.6 is 11.6 Å². The summed E-state index contributed by atoms with van der Waals surface area (Å²) in [5, 5.41) is 0.0797. The number of benzene rings is 1. The molecule has 0 saturated carbocycles. The van der Waals surface area contributed by atoms with E-state index in [1.807, 2.05) is 0 Å². The first kappa shape index (κ1) is 17.1. The van der Waals surface area contributed by atoms with Crippen molar-refractivity contribution >= 4 is 28.5 Å². The monoisotopic (exact) mass is 359 g/mol. The average Bonchev–Trinajstić information content (AvgIpc) is 2.99. The van der Waals surface area contributed by atoms with Crippen LogP contribution in [0.5, 0.6) is 0 Å². The van der Waals surface area contributed by atoms with Gasteiger partial charge in [-0.2, -0.15) is 13.2 Å². The Bertz CT molecular complexity index is 772. The van der Waals surface area contributed by atoms with Crippen LogP contribution in [-0.2, 0) is 17.6 Å². The third-order valence-corrected chi connectivity index (χ3v) is 4.62. The maximum Gasteiger partial charge on any atom is 0.416 e. The number of aromatic nitrogens is 2. The fraction of sp³-hybridized carbons (Fsp3) is 0.500. The number of amides is 1. The highest BCUT2D eigenvalue weighted by Crippen LogP contribution is 2.32. The molecule has 1 fully saturated rings. The van der Waals surface area contributed by atoms with Crippen LogP contribution in [0.15, 0.2) is 18.2 Å². The van der Waals surface area contributed by atoms with E-state index in [0.717, 1.165) is 25.0 Å². The molecular formula is C16H17ClF3N3O. The fourth-order valence-electron chi connectivity index (χ4n) is 3.17. The summed E-state index contributed by atoms with van der Waals surface area (Å²) in [6, 6.07) is 3.33. The maximum absolute atomic E-state index is 12.8. The van der Waals surface area contributed by atoms with E-state index < -0.39 is 11.7 Å². The van der Waals surface area contributed by atoms with Gasteiger partial charge in [-0.1, -0.05) is 13.3 Å². The summed E-state index contributed by atoms with van der Waals surface area (Å²) < 4.78 is 40.0. The molecule has 2 heterocycles. The number of hydrogen-bond acceptors (Lipinski definition) is 2. The second-order valence-electron chi connectivity index (χ2n) is 6.13. The molecule has 1 aliphatic heterocycles. The van der Waals surface area contributed by atoms with E-state index in [9.17, 15) is 18.0 Å². The van der Waals surface area contributed by atoms with Crippen molar-refractivity contribution in [2.75, 3.05) is 6.54 Å². The van der Waals surface area contributed by atoms with E-state index in [1.54, 1.807) is 9.47 Å². The molecule has 0 spiro atoms. The van der Waals surface area contributed by atoms with Crippen molar-refractivity contribution in [2.45, 2.75) is 39.0 Å². The highest BCUT2D eigenvalue weighted by molar-refractivity contribution is 6.29. The zero-order valence-electron chi connectivity index (χ0n) is 13.1. The Hall–Kier alpha value is -1.76. The maximum atomic E-state index is 12.8. The van der Waals surface area contributed by atoms with Crippen molar-refractivity contribution in [1.82, 2.24) is 14.5 Å². The van der Waals surface area contributed by atoms with Gasteiger partial charge in [0, 0.05) is 13.0 Å². The van der Waals surface area contributed by atoms with Gasteiger partial charge in [-0.05, 0) is 42.1 Å².